The van der Waals surface area contributed by atoms with Gasteiger partial charge in [-0.1, -0.05) is 47.5 Å². The van der Waals surface area contributed by atoms with E-state index in [0.29, 0.717) is 51.4 Å². The number of likely N-dealkylation sites (N-methyl/N-ethyl adjacent to an activating group) is 1. The lowest BCUT2D eigenvalue weighted by Crippen LogP contribution is -2.51. The van der Waals surface area contributed by atoms with Crippen molar-refractivity contribution < 1.29 is 13.9 Å². The molecular weight excluding hydrogens is 554 g/mol. The molecule has 6 rings (SSSR count). The van der Waals surface area contributed by atoms with Crippen LogP contribution < -0.4 is 14.5 Å². The van der Waals surface area contributed by atoms with Crippen molar-refractivity contribution in [3.8, 4) is 6.01 Å². The van der Waals surface area contributed by atoms with Gasteiger partial charge in [0, 0.05) is 55.4 Å². The van der Waals surface area contributed by atoms with Crippen LogP contribution in [0.2, 0.25) is 5.02 Å². The first kappa shape index (κ1) is 27.3. The number of benzene rings is 2. The van der Waals surface area contributed by atoms with Crippen molar-refractivity contribution in [1.29, 1.82) is 0 Å². The molecule has 3 aliphatic heterocycles. The molecule has 8 nitrogen and oxygen atoms in total. The Morgan fingerprint density at radius 3 is 2.58 bits per heavy atom. The minimum atomic E-state index is -2.01. The van der Waals surface area contributed by atoms with Crippen molar-refractivity contribution in [2.45, 2.75) is 37.5 Å². The van der Waals surface area contributed by atoms with E-state index in [1.165, 1.54) is 4.90 Å². The lowest BCUT2D eigenvalue weighted by Gasteiger charge is -2.38. The lowest BCUT2D eigenvalue weighted by atomic mass is 10.0. The molecule has 2 saturated heterocycles. The highest BCUT2D eigenvalue weighted by molar-refractivity contribution is 6.36. The molecule has 3 aromatic rings. The molecule has 1 aromatic heterocycles. The maximum atomic E-state index is 13.4. The first-order valence-electron chi connectivity index (χ1n) is 13.9. The van der Waals surface area contributed by atoms with E-state index in [1.54, 1.807) is 0 Å². The molecule has 2 aromatic carbocycles. The molecule has 2 atom stereocenters. The van der Waals surface area contributed by atoms with E-state index in [1.807, 2.05) is 12.1 Å². The maximum Gasteiger partial charge on any atom is 0.318 e. The number of nitrogens with zero attached hydrogens (tertiary/aromatic N) is 6. The molecule has 0 radical (unpaired) electrons. The first-order valence-corrected chi connectivity index (χ1v) is 14.7. The summed E-state index contributed by atoms with van der Waals surface area (Å²) < 4.78 is 19.6. The zero-order valence-corrected chi connectivity index (χ0v) is 24.0. The summed E-state index contributed by atoms with van der Waals surface area (Å²) >= 11 is 12.1. The Labute approximate surface area is 243 Å². The van der Waals surface area contributed by atoms with Crippen molar-refractivity contribution in [3.05, 3.63) is 52.7 Å². The summed E-state index contributed by atoms with van der Waals surface area (Å²) in [5.74, 6) is 0.158. The van der Waals surface area contributed by atoms with Gasteiger partial charge in [0.25, 0.3) is 11.5 Å². The van der Waals surface area contributed by atoms with Crippen LogP contribution in [0.25, 0.3) is 10.8 Å². The predicted octanol–water partition coefficient (Wildman–Crippen LogP) is 4.50. The standard InChI is InChI=1S/C29H33Cl2FN6O2/c1-35-11-4-7-20(35)18-40-29-33-23-17-38(24-9-3-6-19-5-2-8-22(30)25(19)24)12-10-21(23)27(34-29)36-13-15-37(16-14-36)28(39)26(31)32/h2-3,5-6,8-9,20,26H,4,7,10-18H2,1H3/t20-,26?/m0/s1. The van der Waals surface area contributed by atoms with Gasteiger partial charge in [-0.3, -0.25) is 4.79 Å². The molecule has 0 spiro atoms. The predicted molar refractivity (Wildman–Crippen MR) is 156 cm³/mol. The summed E-state index contributed by atoms with van der Waals surface area (Å²) in [4.78, 5) is 30.2. The van der Waals surface area contributed by atoms with E-state index in [0.717, 1.165) is 70.9 Å². The number of fused-ring (bicyclic) bond motifs is 2. The number of ether oxygens (including phenoxy) is 1. The van der Waals surface area contributed by atoms with Crippen LogP contribution in [0.4, 0.5) is 15.9 Å². The second-order valence-electron chi connectivity index (χ2n) is 10.7. The van der Waals surface area contributed by atoms with Gasteiger partial charge in [-0.05, 0) is 50.4 Å². The summed E-state index contributed by atoms with van der Waals surface area (Å²) in [5, 5.41) is 2.87. The normalized spacial score (nSPS) is 20.6. The van der Waals surface area contributed by atoms with E-state index in [2.05, 4.69) is 46.0 Å². The average molecular weight is 588 g/mol. The van der Waals surface area contributed by atoms with Gasteiger partial charge in [0.1, 0.15) is 12.4 Å². The zero-order chi connectivity index (χ0) is 27.8. The van der Waals surface area contributed by atoms with Gasteiger partial charge in [-0.2, -0.15) is 9.97 Å². The Hall–Kier alpha value is -2.88. The quantitative estimate of drug-likeness (QED) is 0.394. The Kier molecular flexibility index (Phi) is 7.88. The van der Waals surface area contributed by atoms with E-state index >= 15 is 0 Å². The van der Waals surface area contributed by atoms with E-state index in [-0.39, 0.29) is 0 Å². The SMILES string of the molecule is CN1CCC[C@H]1COc1nc2c(c(N3CCN(C(=O)C(F)Cl)CC3)n1)CCN(c1cccc3cccc(Cl)c13)C2. The van der Waals surface area contributed by atoms with E-state index < -0.39 is 11.5 Å². The Bertz CT molecular complexity index is 1400. The smallest absolute Gasteiger partial charge is 0.318 e. The van der Waals surface area contributed by atoms with Gasteiger partial charge in [0.2, 0.25) is 0 Å². The summed E-state index contributed by atoms with van der Waals surface area (Å²) in [5.41, 5.74) is 1.09. The number of carbonyl (C=O) groups excluding carboxylic acids is 1. The third kappa shape index (κ3) is 5.39. The van der Waals surface area contributed by atoms with Crippen molar-refractivity contribution in [3.63, 3.8) is 0 Å². The Morgan fingerprint density at radius 2 is 1.85 bits per heavy atom. The van der Waals surface area contributed by atoms with Crippen LogP contribution in [0.1, 0.15) is 24.1 Å². The van der Waals surface area contributed by atoms with Gasteiger partial charge >= 0.3 is 6.01 Å². The molecule has 0 saturated carbocycles. The number of likely N-dealkylation sites (tertiary alicyclic amines) is 1. The van der Waals surface area contributed by atoms with Crippen LogP contribution in [-0.4, -0.2) is 90.3 Å². The van der Waals surface area contributed by atoms with Crippen LogP contribution in [0.15, 0.2) is 36.4 Å². The largest absolute Gasteiger partial charge is 0.462 e. The topological polar surface area (TPSA) is 65.0 Å². The number of halogens is 3. The van der Waals surface area contributed by atoms with Crippen LogP contribution in [0, 0.1) is 0 Å². The fraction of sp³-hybridized carbons (Fsp3) is 0.483. The van der Waals surface area contributed by atoms with Crippen molar-refractivity contribution in [1.82, 2.24) is 19.8 Å². The van der Waals surface area contributed by atoms with Crippen LogP contribution in [0.5, 0.6) is 6.01 Å². The number of hydrogen-bond acceptors (Lipinski definition) is 7. The van der Waals surface area contributed by atoms with Gasteiger partial charge in [0.15, 0.2) is 0 Å². The summed E-state index contributed by atoms with van der Waals surface area (Å²) in [7, 11) is 2.12. The Morgan fingerprint density at radius 1 is 1.07 bits per heavy atom. The monoisotopic (exact) mass is 586 g/mol. The minimum absolute atomic E-state index is 0.344. The minimum Gasteiger partial charge on any atom is -0.462 e. The van der Waals surface area contributed by atoms with Crippen LogP contribution in [0.3, 0.4) is 0 Å². The van der Waals surface area contributed by atoms with Gasteiger partial charge in [-0.25, -0.2) is 4.39 Å². The highest BCUT2D eigenvalue weighted by atomic mass is 35.5. The number of piperazine rings is 1. The molecule has 40 heavy (non-hydrogen) atoms. The molecule has 0 bridgehead atoms. The van der Waals surface area contributed by atoms with Crippen LogP contribution in [-0.2, 0) is 17.8 Å². The van der Waals surface area contributed by atoms with Gasteiger partial charge < -0.3 is 24.3 Å². The number of anilines is 2. The molecule has 11 heteroatoms. The van der Waals surface area contributed by atoms with Crippen LogP contribution >= 0.6 is 23.2 Å². The third-order valence-electron chi connectivity index (χ3n) is 8.35. The zero-order valence-electron chi connectivity index (χ0n) is 22.5. The number of amides is 1. The molecule has 4 heterocycles. The molecule has 0 aliphatic carbocycles. The summed E-state index contributed by atoms with van der Waals surface area (Å²) in [6, 6.07) is 12.9. The van der Waals surface area contributed by atoms with Gasteiger partial charge in [0.05, 0.1) is 17.3 Å². The molecule has 2 fully saturated rings. The average Bonchev–Trinajstić information content (AvgIpc) is 3.39. The third-order valence-corrected chi connectivity index (χ3v) is 8.85. The number of aromatic nitrogens is 2. The summed E-state index contributed by atoms with van der Waals surface area (Å²) in [6.07, 6.45) is 3.01. The second-order valence-corrected chi connectivity index (χ2v) is 11.5. The molecule has 0 N–H and O–H groups in total. The highest BCUT2D eigenvalue weighted by Gasteiger charge is 2.31. The summed E-state index contributed by atoms with van der Waals surface area (Å²) in [6.45, 7) is 4.82. The van der Waals surface area contributed by atoms with Crippen molar-refractivity contribution >= 4 is 51.4 Å². The highest BCUT2D eigenvalue weighted by Crippen LogP contribution is 2.37. The Balaban J connectivity index is 1.30. The molecular formula is C29H33Cl2FN6O2. The number of alkyl halides is 2. The number of hydrogen-bond donors (Lipinski definition) is 0. The van der Waals surface area contributed by atoms with Gasteiger partial charge in [-0.15, -0.1) is 0 Å². The number of rotatable bonds is 6. The fourth-order valence-electron chi connectivity index (χ4n) is 6.10. The molecule has 3 aliphatic rings. The molecule has 1 unspecified atom stereocenters. The first-order chi connectivity index (χ1) is 19.4. The van der Waals surface area contributed by atoms with Crippen molar-refractivity contribution in [2.24, 2.45) is 0 Å². The lowest BCUT2D eigenvalue weighted by molar-refractivity contribution is -0.133. The second kappa shape index (κ2) is 11.5. The molecule has 1 amide bonds. The van der Waals surface area contributed by atoms with E-state index in [9.17, 15) is 9.18 Å². The number of carbonyl (C=O) groups is 1. The maximum absolute atomic E-state index is 13.4. The molecule has 212 valence electrons. The fourth-order valence-corrected chi connectivity index (χ4v) is 6.51. The van der Waals surface area contributed by atoms with Crippen molar-refractivity contribution in [2.75, 3.05) is 62.7 Å². The van der Waals surface area contributed by atoms with E-state index in [4.69, 9.17) is 37.9 Å².